The van der Waals surface area contributed by atoms with Crippen molar-refractivity contribution in [1.82, 2.24) is 25.0 Å². The van der Waals surface area contributed by atoms with Gasteiger partial charge in [0.25, 0.3) is 5.56 Å². The summed E-state index contributed by atoms with van der Waals surface area (Å²) in [6, 6.07) is 18.8. The predicted octanol–water partition coefficient (Wildman–Crippen LogP) is 5.59. The first-order chi connectivity index (χ1) is 21.4. The monoisotopic (exact) mass is 627 g/mol. The van der Waals surface area contributed by atoms with Gasteiger partial charge in [0.1, 0.15) is 5.65 Å². The number of nitrogens with zero attached hydrogens (tertiary/aromatic N) is 3. The summed E-state index contributed by atoms with van der Waals surface area (Å²) in [7, 11) is 1.58. The van der Waals surface area contributed by atoms with Gasteiger partial charge in [0.05, 0.1) is 28.4 Å². The fourth-order valence-corrected chi connectivity index (χ4v) is 6.04. The Morgan fingerprint density at radius 1 is 1.02 bits per heavy atom. The predicted molar refractivity (Wildman–Crippen MR) is 170 cm³/mol. The Balaban J connectivity index is 1.30. The van der Waals surface area contributed by atoms with E-state index in [0.717, 1.165) is 39.8 Å². The van der Waals surface area contributed by atoms with E-state index >= 15 is 0 Å². The highest BCUT2D eigenvalue weighted by atomic mass is 35.5. The Kier molecular flexibility index (Phi) is 8.43. The number of fused-ring (bicyclic) bond motifs is 1. The summed E-state index contributed by atoms with van der Waals surface area (Å²) < 4.78 is 6.93. The number of hydrogen-bond acceptors (Lipinski definition) is 7. The largest absolute Gasteiger partial charge is 0.481 e. The van der Waals surface area contributed by atoms with Crippen molar-refractivity contribution in [3.8, 4) is 39.4 Å². The summed E-state index contributed by atoms with van der Waals surface area (Å²) in [5.41, 5.74) is 5.13. The van der Waals surface area contributed by atoms with E-state index in [1.54, 1.807) is 25.4 Å². The first-order valence-corrected chi connectivity index (χ1v) is 14.7. The molecule has 1 aliphatic rings. The van der Waals surface area contributed by atoms with Crippen molar-refractivity contribution in [3.63, 3.8) is 0 Å². The lowest BCUT2D eigenvalue weighted by molar-refractivity contribution is -0.119. The molecule has 11 heteroatoms. The fraction of sp³-hybridized carbons (Fsp3) is 0.182. The smallest absolute Gasteiger partial charge is 0.268 e. The summed E-state index contributed by atoms with van der Waals surface area (Å²) >= 11 is 14.0. The molecule has 0 radical (unpaired) electrons. The molecule has 0 spiro atoms. The summed E-state index contributed by atoms with van der Waals surface area (Å²) in [6.45, 7) is 1.20. The van der Waals surface area contributed by atoms with Crippen molar-refractivity contribution in [3.05, 3.63) is 105 Å². The number of halogens is 2. The van der Waals surface area contributed by atoms with Gasteiger partial charge < -0.3 is 15.4 Å². The Bertz CT molecular complexity index is 1980. The number of pyridine rings is 2. The number of methoxy groups -OCH3 is 1. The number of carbonyl (C=O) groups is 2. The maximum atomic E-state index is 12.5. The molecule has 2 N–H and O–H groups in total. The lowest BCUT2D eigenvalue weighted by Gasteiger charge is -2.16. The number of amides is 1. The molecule has 1 unspecified atom stereocenters. The minimum Gasteiger partial charge on any atom is -0.481 e. The standard InChI is InChI=1S/C33H27Cl2N5O4/c1-44-32-20(15-36-17-22-9-11-29(42)38-22)8-10-27(39-32)26-7-3-6-25(31(26)35)24-5-2-4-23(30(24)34)19-12-13-40-28(14-19)37-16-21(18-41)33(40)43/h2-8,10,12-14,16,18,22,36H,9,11,15,17H2,1H3,(H,38,42). The average Bonchev–Trinajstić information content (AvgIpc) is 3.46. The summed E-state index contributed by atoms with van der Waals surface area (Å²) in [6.07, 6.45) is 4.72. The molecular weight excluding hydrogens is 601 g/mol. The van der Waals surface area contributed by atoms with Gasteiger partial charge in [-0.15, -0.1) is 0 Å². The maximum Gasteiger partial charge on any atom is 0.268 e. The van der Waals surface area contributed by atoms with Gasteiger partial charge in [0, 0.05) is 65.8 Å². The first-order valence-electron chi connectivity index (χ1n) is 14.0. The molecule has 5 aromatic rings. The van der Waals surface area contributed by atoms with E-state index in [1.807, 2.05) is 48.5 Å². The zero-order valence-corrected chi connectivity index (χ0v) is 25.2. The third kappa shape index (κ3) is 5.69. The zero-order chi connectivity index (χ0) is 30.8. The van der Waals surface area contributed by atoms with Crippen LogP contribution >= 0.6 is 23.2 Å². The highest BCUT2D eigenvalue weighted by molar-refractivity contribution is 6.39. The van der Waals surface area contributed by atoms with Crippen LogP contribution in [0.1, 0.15) is 28.8 Å². The van der Waals surface area contributed by atoms with E-state index in [4.69, 9.17) is 32.9 Å². The Morgan fingerprint density at radius 2 is 1.75 bits per heavy atom. The van der Waals surface area contributed by atoms with E-state index < -0.39 is 5.56 Å². The van der Waals surface area contributed by atoms with Crippen molar-refractivity contribution in [2.24, 2.45) is 0 Å². The van der Waals surface area contributed by atoms with Gasteiger partial charge >= 0.3 is 0 Å². The van der Waals surface area contributed by atoms with Crippen molar-refractivity contribution >= 4 is 41.0 Å². The molecule has 1 fully saturated rings. The Labute approximate surface area is 262 Å². The van der Waals surface area contributed by atoms with Crippen molar-refractivity contribution in [1.29, 1.82) is 0 Å². The minimum absolute atomic E-state index is 0.0150. The second kappa shape index (κ2) is 12.6. The van der Waals surface area contributed by atoms with Gasteiger partial charge in [-0.1, -0.05) is 65.7 Å². The van der Waals surface area contributed by atoms with Gasteiger partial charge in [0.2, 0.25) is 11.8 Å². The lowest BCUT2D eigenvalue weighted by atomic mass is 9.97. The number of benzene rings is 2. The van der Waals surface area contributed by atoms with E-state index in [1.165, 1.54) is 10.6 Å². The molecular formula is C33H27Cl2N5O4. The number of carbonyl (C=O) groups excluding carboxylic acids is 2. The number of hydrogen-bond donors (Lipinski definition) is 2. The topological polar surface area (TPSA) is 115 Å². The highest BCUT2D eigenvalue weighted by Gasteiger charge is 2.21. The molecule has 0 bridgehead atoms. The fourth-order valence-electron chi connectivity index (χ4n) is 5.38. The molecule has 222 valence electrons. The molecule has 44 heavy (non-hydrogen) atoms. The van der Waals surface area contributed by atoms with Crippen molar-refractivity contribution in [2.75, 3.05) is 13.7 Å². The molecule has 0 saturated carbocycles. The summed E-state index contributed by atoms with van der Waals surface area (Å²) in [4.78, 5) is 44.1. The van der Waals surface area contributed by atoms with Gasteiger partial charge in [-0.2, -0.15) is 0 Å². The second-order valence-corrected chi connectivity index (χ2v) is 11.2. The molecule has 1 atom stereocenters. The van der Waals surface area contributed by atoms with Gasteiger partial charge in [-0.05, 0) is 30.2 Å². The molecule has 6 rings (SSSR count). The van der Waals surface area contributed by atoms with E-state index in [9.17, 15) is 14.4 Å². The van der Waals surface area contributed by atoms with E-state index in [-0.39, 0.29) is 17.5 Å². The van der Waals surface area contributed by atoms with Crippen molar-refractivity contribution < 1.29 is 14.3 Å². The van der Waals surface area contributed by atoms with E-state index in [0.29, 0.717) is 53.1 Å². The van der Waals surface area contributed by atoms with Crippen LogP contribution in [0, 0.1) is 0 Å². The van der Waals surface area contributed by atoms with Crippen LogP contribution in [0.4, 0.5) is 0 Å². The highest BCUT2D eigenvalue weighted by Crippen LogP contribution is 2.42. The first kappa shape index (κ1) is 29.5. The molecule has 0 aliphatic carbocycles. The quantitative estimate of drug-likeness (QED) is 0.205. The van der Waals surface area contributed by atoms with Crippen LogP contribution in [0.2, 0.25) is 10.0 Å². The molecule has 1 amide bonds. The normalized spacial score (nSPS) is 14.5. The second-order valence-electron chi connectivity index (χ2n) is 10.4. The van der Waals surface area contributed by atoms with Crippen LogP contribution in [-0.2, 0) is 11.3 Å². The van der Waals surface area contributed by atoms with Gasteiger partial charge in [-0.25, -0.2) is 9.97 Å². The number of ether oxygens (including phenoxy) is 1. The molecule has 9 nitrogen and oxygen atoms in total. The van der Waals surface area contributed by atoms with Crippen LogP contribution in [-0.4, -0.2) is 46.3 Å². The third-order valence-corrected chi connectivity index (χ3v) is 8.48. The number of nitrogens with one attached hydrogen (secondary N) is 2. The molecule has 1 saturated heterocycles. The van der Waals surface area contributed by atoms with E-state index in [2.05, 4.69) is 15.6 Å². The number of rotatable bonds is 9. The molecule has 4 heterocycles. The third-order valence-electron chi connectivity index (χ3n) is 7.66. The van der Waals surface area contributed by atoms with Crippen LogP contribution in [0.5, 0.6) is 5.88 Å². The van der Waals surface area contributed by atoms with Gasteiger partial charge in [-0.3, -0.25) is 18.8 Å². The Morgan fingerprint density at radius 3 is 2.45 bits per heavy atom. The SMILES string of the molecule is COc1nc(-c2cccc(-c3cccc(-c4ccn5c(=O)c(C=O)cnc5c4)c3Cl)c2Cl)ccc1CNCC1CCC(=O)N1. The zero-order valence-electron chi connectivity index (χ0n) is 23.6. The van der Waals surface area contributed by atoms with Crippen LogP contribution in [0.25, 0.3) is 39.2 Å². The average molecular weight is 629 g/mol. The minimum atomic E-state index is -0.436. The summed E-state index contributed by atoms with van der Waals surface area (Å²) in [5.74, 6) is 0.572. The molecule has 1 aliphatic heterocycles. The maximum absolute atomic E-state index is 12.5. The number of aromatic nitrogens is 3. The Hall–Kier alpha value is -4.57. The van der Waals surface area contributed by atoms with Crippen LogP contribution in [0.3, 0.4) is 0 Å². The summed E-state index contributed by atoms with van der Waals surface area (Å²) in [5, 5.41) is 7.29. The van der Waals surface area contributed by atoms with Crippen molar-refractivity contribution in [2.45, 2.75) is 25.4 Å². The number of aldehydes is 1. The van der Waals surface area contributed by atoms with Crippen LogP contribution < -0.4 is 20.9 Å². The lowest BCUT2D eigenvalue weighted by Crippen LogP contribution is -2.35. The molecule has 3 aromatic heterocycles. The van der Waals surface area contributed by atoms with Crippen LogP contribution in [0.15, 0.2) is 77.9 Å². The van der Waals surface area contributed by atoms with Gasteiger partial charge in [0.15, 0.2) is 6.29 Å². The molecule has 2 aromatic carbocycles.